The first-order chi connectivity index (χ1) is 11.0. The zero-order valence-corrected chi connectivity index (χ0v) is 15.1. The topological polar surface area (TPSA) is 60.8 Å². The Morgan fingerprint density at radius 2 is 2.26 bits per heavy atom. The highest BCUT2D eigenvalue weighted by atomic mass is 15.3. The summed E-state index contributed by atoms with van der Waals surface area (Å²) in [6.07, 6.45) is 12.5. The van der Waals surface area contributed by atoms with Crippen molar-refractivity contribution in [3.05, 3.63) is 35.7 Å². The second kappa shape index (κ2) is 10.8. The second-order valence-electron chi connectivity index (χ2n) is 5.91. The van der Waals surface area contributed by atoms with Crippen molar-refractivity contribution < 1.29 is 0 Å². The molecule has 1 aliphatic heterocycles. The number of allylic oxidation sites excluding steroid dienone is 3. The summed E-state index contributed by atoms with van der Waals surface area (Å²) in [5, 5.41) is 11.1. The maximum Gasteiger partial charge on any atom is 0.0477 e. The highest BCUT2D eigenvalue weighted by molar-refractivity contribution is 5.93. The van der Waals surface area contributed by atoms with Gasteiger partial charge in [0.05, 0.1) is 0 Å². The van der Waals surface area contributed by atoms with Gasteiger partial charge in [-0.15, -0.1) is 0 Å². The average Bonchev–Trinajstić information content (AvgIpc) is 2.94. The molecule has 0 bridgehead atoms. The lowest BCUT2D eigenvalue weighted by atomic mass is 10.2. The quantitative estimate of drug-likeness (QED) is 0.265. The van der Waals surface area contributed by atoms with E-state index in [1.165, 1.54) is 5.70 Å². The lowest BCUT2D eigenvalue weighted by Crippen LogP contribution is -2.26. The van der Waals surface area contributed by atoms with Gasteiger partial charge in [-0.1, -0.05) is 18.2 Å². The van der Waals surface area contributed by atoms with Crippen molar-refractivity contribution in [2.75, 3.05) is 13.6 Å². The maximum absolute atomic E-state index is 4.20. The van der Waals surface area contributed by atoms with E-state index in [2.05, 4.69) is 58.2 Å². The molecule has 1 rings (SSSR count). The molecule has 3 N–H and O–H groups in total. The molecule has 0 aromatic rings. The minimum Gasteiger partial charge on any atom is -0.382 e. The first-order valence-corrected chi connectivity index (χ1v) is 8.25. The molecule has 0 spiro atoms. The normalized spacial score (nSPS) is 20.9. The summed E-state index contributed by atoms with van der Waals surface area (Å²) >= 11 is 0. The Hall–Kier alpha value is -1.88. The van der Waals surface area contributed by atoms with E-state index >= 15 is 0 Å². The molecule has 0 radical (unpaired) electrons. The molecule has 1 aliphatic rings. The average molecular weight is 317 g/mol. The molecule has 1 heterocycles. The SMILES string of the molecule is CN=C(C)/C=C(/C)N/N=C\CCNC(C)/C=C\C1CC=C(C)N1. The molecule has 128 valence electrons. The van der Waals surface area contributed by atoms with E-state index in [0.717, 1.165) is 30.8 Å². The van der Waals surface area contributed by atoms with Crippen LogP contribution in [0, 0.1) is 0 Å². The van der Waals surface area contributed by atoms with E-state index in [1.54, 1.807) is 7.05 Å². The molecule has 5 nitrogen and oxygen atoms in total. The van der Waals surface area contributed by atoms with Gasteiger partial charge in [-0.25, -0.2) is 0 Å². The predicted octanol–water partition coefficient (Wildman–Crippen LogP) is 2.75. The molecule has 0 aliphatic carbocycles. The van der Waals surface area contributed by atoms with Gasteiger partial charge in [0.25, 0.3) is 0 Å². The molecule has 0 aromatic carbocycles. The standard InChI is InChI=1S/C18H31N5/c1-14(7-9-18-10-8-15(2)22-18)20-11-6-12-21-23-17(4)13-16(3)19-5/h7-9,12-14,18,20,22-23H,6,10-11H2,1-5H3/b9-7-,17-13-,19-16?,21-12-. The van der Waals surface area contributed by atoms with Crippen LogP contribution >= 0.6 is 0 Å². The lowest BCUT2D eigenvalue weighted by Gasteiger charge is -2.11. The number of rotatable bonds is 9. The number of nitrogens with zero attached hydrogens (tertiary/aromatic N) is 2. The van der Waals surface area contributed by atoms with E-state index in [1.807, 2.05) is 26.1 Å². The van der Waals surface area contributed by atoms with Crippen LogP contribution in [0.25, 0.3) is 0 Å². The molecule has 0 amide bonds. The maximum atomic E-state index is 4.20. The zero-order chi connectivity index (χ0) is 17.1. The number of aliphatic imine (C=N–C) groups is 1. The molecule has 0 saturated heterocycles. The van der Waals surface area contributed by atoms with Crippen molar-refractivity contribution in [2.24, 2.45) is 10.1 Å². The third-order valence-electron chi connectivity index (χ3n) is 3.57. The van der Waals surface area contributed by atoms with Crippen LogP contribution in [0.15, 0.2) is 45.8 Å². The zero-order valence-electron chi connectivity index (χ0n) is 15.1. The Labute approximate surface area is 140 Å². The van der Waals surface area contributed by atoms with Crippen LogP contribution in [0.5, 0.6) is 0 Å². The fourth-order valence-electron chi connectivity index (χ4n) is 2.21. The smallest absolute Gasteiger partial charge is 0.0477 e. The Morgan fingerprint density at radius 3 is 2.91 bits per heavy atom. The summed E-state index contributed by atoms with van der Waals surface area (Å²) in [6, 6.07) is 0.819. The van der Waals surface area contributed by atoms with Gasteiger partial charge in [0.1, 0.15) is 0 Å². The first-order valence-electron chi connectivity index (χ1n) is 8.25. The van der Waals surface area contributed by atoms with Crippen LogP contribution in [0.2, 0.25) is 0 Å². The van der Waals surface area contributed by atoms with E-state index in [4.69, 9.17) is 0 Å². The summed E-state index contributed by atoms with van der Waals surface area (Å²) in [6.45, 7) is 9.12. The number of nitrogens with one attached hydrogen (secondary N) is 3. The van der Waals surface area contributed by atoms with E-state index in [9.17, 15) is 0 Å². The highest BCUT2D eigenvalue weighted by Crippen LogP contribution is 2.09. The minimum atomic E-state index is 0.365. The Balaban J connectivity index is 2.13. The van der Waals surface area contributed by atoms with Crippen molar-refractivity contribution in [3.8, 4) is 0 Å². The third-order valence-corrected chi connectivity index (χ3v) is 3.57. The molecule has 23 heavy (non-hydrogen) atoms. The van der Waals surface area contributed by atoms with Gasteiger partial charge in [-0.05, 0) is 46.6 Å². The third kappa shape index (κ3) is 8.98. The molecule has 0 fully saturated rings. The van der Waals surface area contributed by atoms with Crippen molar-refractivity contribution >= 4 is 11.9 Å². The summed E-state index contributed by atoms with van der Waals surface area (Å²) < 4.78 is 0. The summed E-state index contributed by atoms with van der Waals surface area (Å²) in [5.74, 6) is 0. The van der Waals surface area contributed by atoms with Crippen molar-refractivity contribution in [2.45, 2.75) is 52.6 Å². The largest absolute Gasteiger partial charge is 0.382 e. The summed E-state index contributed by atoms with van der Waals surface area (Å²) in [5.41, 5.74) is 6.24. The fraction of sp³-hybridized carbons (Fsp3) is 0.556. The molecular formula is C18H31N5. The Morgan fingerprint density at radius 1 is 1.48 bits per heavy atom. The van der Waals surface area contributed by atoms with Crippen molar-refractivity contribution in [1.82, 2.24) is 16.1 Å². The Bertz CT molecular complexity index is 500. The summed E-state index contributed by atoms with van der Waals surface area (Å²) in [7, 11) is 1.78. The number of hydrogen-bond acceptors (Lipinski definition) is 5. The predicted molar refractivity (Wildman–Crippen MR) is 101 cm³/mol. The molecule has 5 heteroatoms. The minimum absolute atomic E-state index is 0.365. The second-order valence-corrected chi connectivity index (χ2v) is 5.91. The Kier molecular flexibility index (Phi) is 8.98. The van der Waals surface area contributed by atoms with Crippen LogP contribution in [0.1, 0.15) is 40.5 Å². The van der Waals surface area contributed by atoms with Crippen LogP contribution in [-0.4, -0.2) is 37.6 Å². The summed E-state index contributed by atoms with van der Waals surface area (Å²) in [4.78, 5) is 4.08. The van der Waals surface area contributed by atoms with Crippen LogP contribution < -0.4 is 16.1 Å². The highest BCUT2D eigenvalue weighted by Gasteiger charge is 2.09. The number of hydrazone groups is 1. The van der Waals surface area contributed by atoms with Gasteiger partial charge in [0.15, 0.2) is 0 Å². The van der Waals surface area contributed by atoms with Crippen LogP contribution in [0.3, 0.4) is 0 Å². The fourth-order valence-corrected chi connectivity index (χ4v) is 2.21. The van der Waals surface area contributed by atoms with E-state index in [0.29, 0.717) is 12.1 Å². The van der Waals surface area contributed by atoms with Gasteiger partial charge >= 0.3 is 0 Å². The monoisotopic (exact) mass is 317 g/mol. The van der Waals surface area contributed by atoms with Gasteiger partial charge < -0.3 is 10.6 Å². The molecule has 0 saturated carbocycles. The van der Waals surface area contributed by atoms with Gasteiger partial charge in [-0.3, -0.25) is 10.4 Å². The number of hydrogen-bond donors (Lipinski definition) is 3. The molecule has 0 aromatic heterocycles. The van der Waals surface area contributed by atoms with Crippen molar-refractivity contribution in [3.63, 3.8) is 0 Å². The molecule has 2 unspecified atom stereocenters. The van der Waals surface area contributed by atoms with E-state index in [-0.39, 0.29) is 0 Å². The molecule has 2 atom stereocenters. The lowest BCUT2D eigenvalue weighted by molar-refractivity contribution is 0.638. The van der Waals surface area contributed by atoms with Crippen molar-refractivity contribution in [1.29, 1.82) is 0 Å². The first kappa shape index (κ1) is 19.2. The van der Waals surface area contributed by atoms with E-state index < -0.39 is 0 Å². The van der Waals surface area contributed by atoms with Gasteiger partial charge in [0, 0.05) is 49.0 Å². The van der Waals surface area contributed by atoms with Gasteiger partial charge in [-0.2, -0.15) is 5.10 Å². The van der Waals surface area contributed by atoms with Crippen LogP contribution in [0.4, 0.5) is 0 Å². The van der Waals surface area contributed by atoms with Gasteiger partial charge in [0.2, 0.25) is 0 Å². The van der Waals surface area contributed by atoms with Crippen LogP contribution in [-0.2, 0) is 0 Å². The molecular weight excluding hydrogens is 286 g/mol.